The van der Waals surface area contributed by atoms with E-state index in [0.29, 0.717) is 12.5 Å². The molecule has 1 fully saturated rings. The number of carbonyl (C=O) groups excluding carboxylic acids is 1. The fourth-order valence-corrected chi connectivity index (χ4v) is 4.69. The van der Waals surface area contributed by atoms with Crippen molar-refractivity contribution in [1.29, 1.82) is 0 Å². The van der Waals surface area contributed by atoms with Crippen LogP contribution in [0.2, 0.25) is 0 Å². The lowest BCUT2D eigenvalue weighted by molar-refractivity contribution is -0.131. The summed E-state index contributed by atoms with van der Waals surface area (Å²) in [4.78, 5) is 23.0. The van der Waals surface area contributed by atoms with E-state index in [9.17, 15) is 9.59 Å². The first-order valence-electron chi connectivity index (χ1n) is 11.3. The summed E-state index contributed by atoms with van der Waals surface area (Å²) in [7, 11) is 0. The Labute approximate surface area is 193 Å². The number of hydrogen-bond donors (Lipinski definition) is 2. The van der Waals surface area contributed by atoms with E-state index in [0.717, 1.165) is 46.7 Å². The van der Waals surface area contributed by atoms with Gasteiger partial charge in [-0.25, -0.2) is 4.79 Å². The van der Waals surface area contributed by atoms with E-state index in [2.05, 4.69) is 53.8 Å². The number of nitrogens with one attached hydrogen (secondary N) is 1. The molecule has 2 aliphatic rings. The number of rotatable bonds is 6. The Balaban J connectivity index is 1.69. The Morgan fingerprint density at radius 2 is 1.64 bits per heavy atom. The molecule has 1 saturated carbocycles. The molecule has 4 heteroatoms. The molecule has 33 heavy (non-hydrogen) atoms. The first-order chi connectivity index (χ1) is 16.1. The van der Waals surface area contributed by atoms with E-state index in [1.807, 2.05) is 24.3 Å². The minimum Gasteiger partial charge on any atom is -0.478 e. The topological polar surface area (TPSA) is 66.4 Å². The minimum absolute atomic E-state index is 0.0149. The standard InChI is InChI=1S/C29H25NO3/c31-26(32)16-11-19-9-12-22(13-10-19)28(23-14-15-25-24(17-23)18-30-29(25)33)27(21-7-4-8-21)20-5-2-1-3-6-20/h1-3,5-6,9-17,21H,4,7-8,18H2,(H,30,33)(H,31,32). The molecule has 4 nitrogen and oxygen atoms in total. The van der Waals surface area contributed by atoms with Gasteiger partial charge in [0.25, 0.3) is 5.91 Å². The van der Waals surface area contributed by atoms with Crippen LogP contribution in [0.5, 0.6) is 0 Å². The van der Waals surface area contributed by atoms with E-state index in [1.165, 1.54) is 23.1 Å². The zero-order valence-corrected chi connectivity index (χ0v) is 18.3. The van der Waals surface area contributed by atoms with Crippen LogP contribution in [0, 0.1) is 5.92 Å². The summed E-state index contributed by atoms with van der Waals surface area (Å²) in [6, 6.07) is 24.7. The van der Waals surface area contributed by atoms with E-state index < -0.39 is 5.97 Å². The van der Waals surface area contributed by atoms with Gasteiger partial charge in [0.15, 0.2) is 0 Å². The summed E-state index contributed by atoms with van der Waals surface area (Å²) >= 11 is 0. The van der Waals surface area contributed by atoms with Crippen molar-refractivity contribution in [2.45, 2.75) is 25.8 Å². The van der Waals surface area contributed by atoms with Crippen LogP contribution in [-0.2, 0) is 11.3 Å². The largest absolute Gasteiger partial charge is 0.478 e. The van der Waals surface area contributed by atoms with Crippen molar-refractivity contribution in [3.05, 3.63) is 112 Å². The Morgan fingerprint density at radius 1 is 0.909 bits per heavy atom. The van der Waals surface area contributed by atoms with Gasteiger partial charge in [-0.1, -0.05) is 67.1 Å². The Bertz CT molecular complexity index is 1270. The highest BCUT2D eigenvalue weighted by molar-refractivity contribution is 6.02. The molecule has 1 amide bonds. The summed E-state index contributed by atoms with van der Waals surface area (Å²) < 4.78 is 0. The van der Waals surface area contributed by atoms with Crippen molar-refractivity contribution in [2.24, 2.45) is 5.92 Å². The van der Waals surface area contributed by atoms with Crippen LogP contribution in [0.25, 0.3) is 17.2 Å². The predicted octanol–water partition coefficient (Wildman–Crippen LogP) is 5.79. The van der Waals surface area contributed by atoms with Crippen molar-refractivity contribution < 1.29 is 14.7 Å². The number of hydrogen-bond acceptors (Lipinski definition) is 2. The quantitative estimate of drug-likeness (QED) is 0.381. The molecular formula is C29H25NO3. The van der Waals surface area contributed by atoms with Crippen LogP contribution in [0.4, 0.5) is 0 Å². The van der Waals surface area contributed by atoms with Gasteiger partial charge in [-0.05, 0) is 75.9 Å². The van der Waals surface area contributed by atoms with E-state index >= 15 is 0 Å². The zero-order chi connectivity index (χ0) is 22.8. The van der Waals surface area contributed by atoms with Crippen molar-refractivity contribution in [1.82, 2.24) is 5.32 Å². The second kappa shape index (κ2) is 8.91. The number of amides is 1. The fraction of sp³-hybridized carbons (Fsp3) is 0.172. The van der Waals surface area contributed by atoms with E-state index in [4.69, 9.17) is 5.11 Å². The molecule has 2 N–H and O–H groups in total. The molecule has 3 aromatic rings. The number of fused-ring (bicyclic) bond motifs is 1. The fourth-order valence-electron chi connectivity index (χ4n) is 4.69. The van der Waals surface area contributed by atoms with Crippen LogP contribution in [-0.4, -0.2) is 17.0 Å². The normalized spacial score (nSPS) is 16.2. The molecule has 3 aromatic carbocycles. The van der Waals surface area contributed by atoms with Gasteiger partial charge < -0.3 is 10.4 Å². The van der Waals surface area contributed by atoms with Gasteiger partial charge in [-0.3, -0.25) is 4.79 Å². The minimum atomic E-state index is -0.961. The van der Waals surface area contributed by atoms with Crippen molar-refractivity contribution >= 4 is 29.1 Å². The maximum atomic E-state index is 12.1. The second-order valence-electron chi connectivity index (χ2n) is 8.63. The molecule has 0 aromatic heterocycles. The molecule has 1 aliphatic carbocycles. The molecule has 0 bridgehead atoms. The van der Waals surface area contributed by atoms with Gasteiger partial charge in [-0.15, -0.1) is 0 Å². The Hall–Kier alpha value is -3.92. The summed E-state index contributed by atoms with van der Waals surface area (Å²) in [6.45, 7) is 0.554. The molecule has 1 aliphatic heterocycles. The van der Waals surface area contributed by atoms with Gasteiger partial charge >= 0.3 is 5.97 Å². The maximum absolute atomic E-state index is 12.1. The Kier molecular flexibility index (Phi) is 5.66. The molecule has 0 unspecified atom stereocenters. The van der Waals surface area contributed by atoms with Crippen LogP contribution < -0.4 is 5.32 Å². The van der Waals surface area contributed by atoms with Gasteiger partial charge in [0, 0.05) is 18.2 Å². The maximum Gasteiger partial charge on any atom is 0.328 e. The van der Waals surface area contributed by atoms with Crippen molar-refractivity contribution in [3.8, 4) is 0 Å². The van der Waals surface area contributed by atoms with Crippen LogP contribution >= 0.6 is 0 Å². The molecule has 5 rings (SSSR count). The van der Waals surface area contributed by atoms with Gasteiger partial charge in [0.1, 0.15) is 0 Å². The Morgan fingerprint density at radius 3 is 2.30 bits per heavy atom. The number of allylic oxidation sites excluding steroid dienone is 1. The van der Waals surface area contributed by atoms with Crippen LogP contribution in [0.15, 0.2) is 78.9 Å². The average Bonchev–Trinajstić information content (AvgIpc) is 3.17. The molecule has 0 saturated heterocycles. The number of carboxylic acids is 1. The number of carbonyl (C=O) groups is 2. The SMILES string of the molecule is O=C(O)C=Cc1ccc(C(=C(c2ccccc2)C2CCC2)c2ccc3c(c2)CNC3=O)cc1. The lowest BCUT2D eigenvalue weighted by atomic mass is 9.73. The molecule has 0 spiro atoms. The van der Waals surface area contributed by atoms with Gasteiger partial charge in [0.05, 0.1) is 0 Å². The third-order valence-electron chi connectivity index (χ3n) is 6.56. The second-order valence-corrected chi connectivity index (χ2v) is 8.63. The highest BCUT2D eigenvalue weighted by Gasteiger charge is 2.28. The van der Waals surface area contributed by atoms with E-state index in [-0.39, 0.29) is 5.91 Å². The summed E-state index contributed by atoms with van der Waals surface area (Å²) in [5.41, 5.74) is 8.55. The average molecular weight is 436 g/mol. The van der Waals surface area contributed by atoms with Crippen molar-refractivity contribution in [3.63, 3.8) is 0 Å². The third kappa shape index (κ3) is 4.24. The first kappa shape index (κ1) is 21.0. The zero-order valence-electron chi connectivity index (χ0n) is 18.3. The molecule has 0 radical (unpaired) electrons. The summed E-state index contributed by atoms with van der Waals surface area (Å²) in [5, 5.41) is 11.8. The lowest BCUT2D eigenvalue weighted by Gasteiger charge is -2.31. The van der Waals surface area contributed by atoms with Gasteiger partial charge in [0.2, 0.25) is 0 Å². The monoisotopic (exact) mass is 435 g/mol. The number of aliphatic carboxylic acids is 1. The third-order valence-corrected chi connectivity index (χ3v) is 6.56. The highest BCUT2D eigenvalue weighted by Crippen LogP contribution is 2.45. The lowest BCUT2D eigenvalue weighted by Crippen LogP contribution is -2.15. The highest BCUT2D eigenvalue weighted by atomic mass is 16.4. The number of benzene rings is 3. The van der Waals surface area contributed by atoms with Crippen molar-refractivity contribution in [2.75, 3.05) is 0 Å². The molecular weight excluding hydrogens is 410 g/mol. The predicted molar refractivity (Wildman–Crippen MR) is 130 cm³/mol. The summed E-state index contributed by atoms with van der Waals surface area (Å²) in [5.74, 6) is -0.488. The molecule has 164 valence electrons. The van der Waals surface area contributed by atoms with E-state index in [1.54, 1.807) is 6.08 Å². The van der Waals surface area contributed by atoms with Crippen LogP contribution in [0.3, 0.4) is 0 Å². The molecule has 1 heterocycles. The summed E-state index contributed by atoms with van der Waals surface area (Å²) in [6.07, 6.45) is 6.32. The van der Waals surface area contributed by atoms with Gasteiger partial charge in [-0.2, -0.15) is 0 Å². The molecule has 0 atom stereocenters. The van der Waals surface area contributed by atoms with Crippen LogP contribution in [0.1, 0.15) is 57.4 Å². The first-order valence-corrected chi connectivity index (χ1v) is 11.3. The smallest absolute Gasteiger partial charge is 0.328 e. The number of carboxylic acid groups (broad SMARTS) is 1.